The van der Waals surface area contributed by atoms with Gasteiger partial charge >= 0.3 is 24.4 Å². The van der Waals surface area contributed by atoms with Crippen LogP contribution in [0.15, 0.2) is 48.5 Å². The van der Waals surface area contributed by atoms with Gasteiger partial charge in [-0.2, -0.15) is 41.3 Å². The number of anilines is 4. The third-order valence-electron chi connectivity index (χ3n) is 5.62. The molecule has 0 aliphatic carbocycles. The Morgan fingerprint density at radius 1 is 0.925 bits per heavy atom. The number of halogens is 7. The number of urea groups is 1. The molecule has 2 amide bonds. The molecule has 9 nitrogen and oxygen atoms in total. The number of aromatic nitrogens is 3. The largest absolute Gasteiger partial charge is 0.454 e. The number of piperidine rings is 1. The van der Waals surface area contributed by atoms with Crippen molar-refractivity contribution in [2.45, 2.75) is 31.2 Å². The highest BCUT2D eigenvalue weighted by molar-refractivity contribution is 5.89. The number of benzene rings is 2. The van der Waals surface area contributed by atoms with Gasteiger partial charge in [0.05, 0.1) is 5.56 Å². The van der Waals surface area contributed by atoms with Gasteiger partial charge in [0, 0.05) is 30.5 Å². The molecule has 214 valence electrons. The second kappa shape index (κ2) is 11.8. The molecule has 0 unspecified atom stereocenters. The van der Waals surface area contributed by atoms with E-state index in [1.54, 1.807) is 6.07 Å². The van der Waals surface area contributed by atoms with Crippen LogP contribution >= 0.6 is 0 Å². The molecule has 2 heterocycles. The van der Waals surface area contributed by atoms with Crippen LogP contribution in [0.2, 0.25) is 0 Å². The van der Waals surface area contributed by atoms with Gasteiger partial charge in [0.1, 0.15) is 5.82 Å². The summed E-state index contributed by atoms with van der Waals surface area (Å²) in [4.78, 5) is 25.6. The first kappa shape index (κ1) is 28.6. The topological polar surface area (TPSA) is 104 Å². The van der Waals surface area contributed by atoms with Gasteiger partial charge in [-0.1, -0.05) is 12.1 Å². The zero-order valence-electron chi connectivity index (χ0n) is 20.5. The summed E-state index contributed by atoms with van der Waals surface area (Å²) in [6, 6.07) is 8.07. The fraction of sp³-hybridized carbons (Fsp3) is 0.333. The van der Waals surface area contributed by atoms with Crippen LogP contribution in [0, 0.1) is 5.82 Å². The maximum Gasteiger partial charge on any atom is 0.422 e. The Balaban J connectivity index is 1.43. The van der Waals surface area contributed by atoms with Gasteiger partial charge in [-0.15, -0.1) is 0 Å². The molecule has 3 aromatic rings. The molecule has 1 aliphatic rings. The number of hydrogen-bond donors (Lipinski definition) is 3. The Morgan fingerprint density at radius 2 is 1.60 bits per heavy atom. The number of likely N-dealkylation sites (tertiary alicyclic amines) is 1. The van der Waals surface area contributed by atoms with E-state index < -0.39 is 42.4 Å². The number of carbonyl (C=O) groups is 1. The standard InChI is InChI=1S/C24H22F7N7O2/c25-15-4-2-6-18(12-15)34-22(39)38-9-7-16(8-10-38)32-19-35-20(37-21(36-19)40-13-23(26,27)28)33-17-5-1-3-14(11-17)24(29,30)31/h1-6,11-12,16H,7-10,13H2,(H,34,39)(H2,32,33,35,36,37). The molecule has 1 fully saturated rings. The molecule has 0 radical (unpaired) electrons. The maximum atomic E-state index is 13.4. The summed E-state index contributed by atoms with van der Waals surface area (Å²) in [7, 11) is 0. The molecular weight excluding hydrogens is 551 g/mol. The smallest absolute Gasteiger partial charge is 0.422 e. The van der Waals surface area contributed by atoms with Gasteiger partial charge in [0.25, 0.3) is 0 Å². The summed E-state index contributed by atoms with van der Waals surface area (Å²) in [6.45, 7) is -1.12. The first-order valence-electron chi connectivity index (χ1n) is 11.8. The second-order valence-electron chi connectivity index (χ2n) is 8.72. The summed E-state index contributed by atoms with van der Waals surface area (Å²) >= 11 is 0. The zero-order chi connectivity index (χ0) is 28.9. The first-order chi connectivity index (χ1) is 18.8. The molecular formula is C24H22F7N7O2. The van der Waals surface area contributed by atoms with E-state index in [0.29, 0.717) is 18.5 Å². The van der Waals surface area contributed by atoms with Crippen molar-refractivity contribution in [3.05, 3.63) is 59.9 Å². The normalized spacial score (nSPS) is 14.5. The van der Waals surface area contributed by atoms with Crippen LogP contribution in [-0.4, -0.2) is 57.8 Å². The molecule has 1 aliphatic heterocycles. The van der Waals surface area contributed by atoms with Gasteiger partial charge in [-0.25, -0.2) is 9.18 Å². The predicted octanol–water partition coefficient (Wildman–Crippen LogP) is 5.82. The lowest BCUT2D eigenvalue weighted by Crippen LogP contribution is -2.44. The molecule has 4 rings (SSSR count). The van der Waals surface area contributed by atoms with Crippen LogP contribution in [-0.2, 0) is 6.18 Å². The van der Waals surface area contributed by atoms with Crippen molar-refractivity contribution in [3.8, 4) is 6.01 Å². The molecule has 1 aromatic heterocycles. The summed E-state index contributed by atoms with van der Waals surface area (Å²) in [6.07, 6.45) is -8.50. The first-order valence-corrected chi connectivity index (χ1v) is 11.8. The Morgan fingerprint density at radius 3 is 2.27 bits per heavy atom. The lowest BCUT2D eigenvalue weighted by atomic mass is 10.1. The van der Waals surface area contributed by atoms with E-state index in [1.165, 1.54) is 29.2 Å². The number of rotatable bonds is 7. The molecule has 0 atom stereocenters. The molecule has 0 spiro atoms. The lowest BCUT2D eigenvalue weighted by molar-refractivity contribution is -0.154. The number of alkyl halides is 6. The van der Waals surface area contributed by atoms with Crippen molar-refractivity contribution in [3.63, 3.8) is 0 Å². The van der Waals surface area contributed by atoms with Gasteiger partial charge in [-0.05, 0) is 49.2 Å². The van der Waals surface area contributed by atoms with E-state index >= 15 is 0 Å². The third-order valence-corrected chi connectivity index (χ3v) is 5.62. The lowest BCUT2D eigenvalue weighted by Gasteiger charge is -2.32. The van der Waals surface area contributed by atoms with Crippen molar-refractivity contribution in [1.29, 1.82) is 0 Å². The third kappa shape index (κ3) is 8.31. The molecule has 0 bridgehead atoms. The second-order valence-corrected chi connectivity index (χ2v) is 8.72. The quantitative estimate of drug-likeness (QED) is 0.306. The Hall–Kier alpha value is -4.37. The van der Waals surface area contributed by atoms with Crippen LogP contribution in [0.1, 0.15) is 18.4 Å². The number of ether oxygens (including phenoxy) is 1. The summed E-state index contributed by atoms with van der Waals surface area (Å²) < 4.78 is 95.2. The highest BCUT2D eigenvalue weighted by Crippen LogP contribution is 2.31. The van der Waals surface area contributed by atoms with Gasteiger partial charge in [0.15, 0.2) is 6.61 Å². The van der Waals surface area contributed by atoms with Crippen molar-refractivity contribution in [2.75, 3.05) is 35.6 Å². The number of hydrogen-bond acceptors (Lipinski definition) is 7. The Bertz CT molecular complexity index is 1330. The van der Waals surface area contributed by atoms with Crippen LogP contribution in [0.3, 0.4) is 0 Å². The summed E-state index contributed by atoms with van der Waals surface area (Å²) in [5.74, 6) is -1.02. The number of carbonyl (C=O) groups excluding carboxylic acids is 1. The van der Waals surface area contributed by atoms with Crippen LogP contribution in [0.4, 0.5) is 58.8 Å². The zero-order valence-corrected chi connectivity index (χ0v) is 20.5. The van der Waals surface area contributed by atoms with E-state index in [0.717, 1.165) is 18.2 Å². The van der Waals surface area contributed by atoms with E-state index in [-0.39, 0.29) is 36.7 Å². The number of amides is 2. The number of nitrogens with one attached hydrogen (secondary N) is 3. The van der Waals surface area contributed by atoms with E-state index in [2.05, 4.69) is 35.6 Å². The van der Waals surface area contributed by atoms with Crippen LogP contribution in [0.5, 0.6) is 6.01 Å². The fourth-order valence-electron chi connectivity index (χ4n) is 3.77. The highest BCUT2D eigenvalue weighted by atomic mass is 19.4. The van der Waals surface area contributed by atoms with Crippen molar-refractivity contribution >= 4 is 29.3 Å². The monoisotopic (exact) mass is 573 g/mol. The van der Waals surface area contributed by atoms with Crippen molar-refractivity contribution in [2.24, 2.45) is 0 Å². The molecule has 1 saturated heterocycles. The SMILES string of the molecule is O=C(Nc1cccc(F)c1)N1CCC(Nc2nc(Nc3cccc(C(F)(F)F)c3)nc(OCC(F)(F)F)n2)CC1. The Kier molecular flexibility index (Phi) is 8.44. The number of nitrogens with zero attached hydrogens (tertiary/aromatic N) is 4. The predicted molar refractivity (Wildman–Crippen MR) is 130 cm³/mol. The van der Waals surface area contributed by atoms with Crippen LogP contribution in [0.25, 0.3) is 0 Å². The average Bonchev–Trinajstić information content (AvgIpc) is 2.87. The maximum absolute atomic E-state index is 13.4. The fourth-order valence-corrected chi connectivity index (χ4v) is 3.77. The van der Waals surface area contributed by atoms with Gasteiger partial charge in [-0.3, -0.25) is 0 Å². The van der Waals surface area contributed by atoms with E-state index in [1.807, 2.05) is 0 Å². The molecule has 16 heteroatoms. The summed E-state index contributed by atoms with van der Waals surface area (Å²) in [5.41, 5.74) is -0.722. The summed E-state index contributed by atoms with van der Waals surface area (Å²) in [5, 5.41) is 8.08. The van der Waals surface area contributed by atoms with Crippen LogP contribution < -0.4 is 20.7 Å². The molecule has 3 N–H and O–H groups in total. The Labute approximate surface area is 222 Å². The minimum absolute atomic E-state index is 0.0636. The van der Waals surface area contributed by atoms with Crippen molar-refractivity contribution < 1.29 is 40.3 Å². The van der Waals surface area contributed by atoms with E-state index in [4.69, 9.17) is 0 Å². The van der Waals surface area contributed by atoms with E-state index in [9.17, 15) is 35.5 Å². The molecule has 0 saturated carbocycles. The molecule has 40 heavy (non-hydrogen) atoms. The molecule has 2 aromatic carbocycles. The average molecular weight is 573 g/mol. The highest BCUT2D eigenvalue weighted by Gasteiger charge is 2.31. The van der Waals surface area contributed by atoms with Crippen molar-refractivity contribution in [1.82, 2.24) is 19.9 Å². The minimum Gasteiger partial charge on any atom is -0.454 e. The van der Waals surface area contributed by atoms with Gasteiger partial charge < -0.3 is 25.6 Å². The minimum atomic E-state index is -4.69. The van der Waals surface area contributed by atoms with Gasteiger partial charge in [0.2, 0.25) is 11.9 Å².